The molecular formula is C24H28N2O4. The standard InChI is InChI=1S/C24H28N2O4/c1-24(2,27)23-14-20(26(25-23)15-17-7-5-4-6-8-17)18-9-10-21(28-3)22(13-18)30-19-11-12-29-16-19/h4-10,13-14,19,27H,11-12,15-16H2,1-3H3. The van der Waals surface area contributed by atoms with Crippen molar-refractivity contribution in [2.75, 3.05) is 20.3 Å². The lowest BCUT2D eigenvalue weighted by Crippen LogP contribution is -2.17. The number of aromatic nitrogens is 2. The van der Waals surface area contributed by atoms with Gasteiger partial charge in [-0.1, -0.05) is 30.3 Å². The average Bonchev–Trinajstić information content (AvgIpc) is 3.38. The molecule has 1 aromatic heterocycles. The zero-order chi connectivity index (χ0) is 21.1. The molecule has 2 aromatic carbocycles. The van der Waals surface area contributed by atoms with Gasteiger partial charge in [0.1, 0.15) is 11.7 Å². The Bertz CT molecular complexity index is 986. The maximum absolute atomic E-state index is 10.5. The number of methoxy groups -OCH3 is 1. The third kappa shape index (κ3) is 4.50. The predicted molar refractivity (Wildman–Crippen MR) is 115 cm³/mol. The molecule has 0 amide bonds. The van der Waals surface area contributed by atoms with Crippen LogP contribution >= 0.6 is 0 Å². The van der Waals surface area contributed by atoms with Crippen LogP contribution in [0.25, 0.3) is 11.3 Å². The van der Waals surface area contributed by atoms with Gasteiger partial charge in [0.25, 0.3) is 0 Å². The lowest BCUT2D eigenvalue weighted by Gasteiger charge is -2.16. The van der Waals surface area contributed by atoms with Crippen LogP contribution in [0, 0.1) is 0 Å². The Labute approximate surface area is 177 Å². The molecule has 158 valence electrons. The molecule has 0 spiro atoms. The van der Waals surface area contributed by atoms with Crippen molar-refractivity contribution in [3.63, 3.8) is 0 Å². The lowest BCUT2D eigenvalue weighted by molar-refractivity contribution is 0.0731. The second-order valence-electron chi connectivity index (χ2n) is 8.09. The van der Waals surface area contributed by atoms with Crippen molar-refractivity contribution in [3.05, 3.63) is 65.9 Å². The van der Waals surface area contributed by atoms with E-state index < -0.39 is 5.60 Å². The van der Waals surface area contributed by atoms with Gasteiger partial charge in [0.05, 0.1) is 38.3 Å². The van der Waals surface area contributed by atoms with E-state index >= 15 is 0 Å². The van der Waals surface area contributed by atoms with Crippen LogP contribution in [0.5, 0.6) is 11.5 Å². The first-order valence-corrected chi connectivity index (χ1v) is 10.2. The molecule has 1 unspecified atom stereocenters. The summed E-state index contributed by atoms with van der Waals surface area (Å²) in [5.41, 5.74) is 2.58. The zero-order valence-electron chi connectivity index (χ0n) is 17.7. The number of ether oxygens (including phenoxy) is 3. The zero-order valence-corrected chi connectivity index (χ0v) is 17.7. The maximum atomic E-state index is 10.5. The van der Waals surface area contributed by atoms with Crippen molar-refractivity contribution in [2.24, 2.45) is 0 Å². The summed E-state index contributed by atoms with van der Waals surface area (Å²) in [6, 6.07) is 18.0. The van der Waals surface area contributed by atoms with Gasteiger partial charge < -0.3 is 19.3 Å². The maximum Gasteiger partial charge on any atom is 0.162 e. The molecule has 1 N–H and O–H groups in total. The van der Waals surface area contributed by atoms with Crippen molar-refractivity contribution < 1.29 is 19.3 Å². The van der Waals surface area contributed by atoms with Gasteiger partial charge in [-0.2, -0.15) is 5.10 Å². The number of nitrogens with zero attached hydrogens (tertiary/aromatic N) is 2. The monoisotopic (exact) mass is 408 g/mol. The van der Waals surface area contributed by atoms with Crippen LogP contribution in [0.4, 0.5) is 0 Å². The first-order valence-electron chi connectivity index (χ1n) is 10.2. The van der Waals surface area contributed by atoms with Crippen LogP contribution < -0.4 is 9.47 Å². The van der Waals surface area contributed by atoms with Crippen LogP contribution in [0.3, 0.4) is 0 Å². The summed E-state index contributed by atoms with van der Waals surface area (Å²) in [5.74, 6) is 1.37. The molecule has 4 rings (SSSR count). The van der Waals surface area contributed by atoms with Crippen LogP contribution in [0.15, 0.2) is 54.6 Å². The number of benzene rings is 2. The summed E-state index contributed by atoms with van der Waals surface area (Å²) in [4.78, 5) is 0. The van der Waals surface area contributed by atoms with E-state index in [0.717, 1.165) is 23.2 Å². The van der Waals surface area contributed by atoms with E-state index in [2.05, 4.69) is 12.1 Å². The fourth-order valence-electron chi connectivity index (χ4n) is 3.54. The van der Waals surface area contributed by atoms with E-state index in [9.17, 15) is 5.11 Å². The molecule has 1 aliphatic rings. The highest BCUT2D eigenvalue weighted by Gasteiger charge is 2.24. The molecule has 0 radical (unpaired) electrons. The third-order valence-corrected chi connectivity index (χ3v) is 5.22. The van der Waals surface area contributed by atoms with E-state index in [4.69, 9.17) is 19.3 Å². The Hall–Kier alpha value is -2.83. The van der Waals surface area contributed by atoms with Gasteiger partial charge in [0, 0.05) is 12.0 Å². The minimum atomic E-state index is -1.04. The highest BCUT2D eigenvalue weighted by atomic mass is 16.6. The van der Waals surface area contributed by atoms with Crippen molar-refractivity contribution in [3.8, 4) is 22.8 Å². The average molecular weight is 408 g/mol. The molecule has 1 fully saturated rings. The van der Waals surface area contributed by atoms with Crippen molar-refractivity contribution in [1.82, 2.24) is 9.78 Å². The second-order valence-corrected chi connectivity index (χ2v) is 8.09. The molecule has 0 saturated carbocycles. The van der Waals surface area contributed by atoms with Crippen LogP contribution in [-0.4, -0.2) is 41.3 Å². The van der Waals surface area contributed by atoms with E-state index in [0.29, 0.717) is 37.0 Å². The highest BCUT2D eigenvalue weighted by Crippen LogP contribution is 2.35. The summed E-state index contributed by atoms with van der Waals surface area (Å²) in [6.07, 6.45) is 0.887. The van der Waals surface area contributed by atoms with E-state index in [1.807, 2.05) is 47.1 Å². The normalized spacial score (nSPS) is 16.6. The predicted octanol–water partition coefficient (Wildman–Crippen LogP) is 4.00. The Morgan fingerprint density at radius 3 is 2.60 bits per heavy atom. The molecule has 30 heavy (non-hydrogen) atoms. The summed E-state index contributed by atoms with van der Waals surface area (Å²) in [6.45, 7) is 5.39. The smallest absolute Gasteiger partial charge is 0.162 e. The van der Waals surface area contributed by atoms with Gasteiger partial charge in [-0.05, 0) is 43.7 Å². The van der Waals surface area contributed by atoms with Crippen molar-refractivity contribution in [2.45, 2.75) is 38.5 Å². The molecule has 3 aromatic rings. The Kier molecular flexibility index (Phi) is 5.79. The fraction of sp³-hybridized carbons (Fsp3) is 0.375. The van der Waals surface area contributed by atoms with Gasteiger partial charge in [-0.15, -0.1) is 0 Å². The number of hydrogen-bond acceptors (Lipinski definition) is 5. The Morgan fingerprint density at radius 1 is 1.13 bits per heavy atom. The summed E-state index contributed by atoms with van der Waals surface area (Å²) < 4.78 is 19.0. The largest absolute Gasteiger partial charge is 0.493 e. The summed E-state index contributed by atoms with van der Waals surface area (Å²) in [7, 11) is 1.64. The van der Waals surface area contributed by atoms with Gasteiger partial charge in [-0.25, -0.2) is 0 Å². The third-order valence-electron chi connectivity index (χ3n) is 5.22. The molecule has 6 heteroatoms. The first kappa shape index (κ1) is 20.4. The lowest BCUT2D eigenvalue weighted by atomic mass is 10.0. The fourth-order valence-corrected chi connectivity index (χ4v) is 3.54. The topological polar surface area (TPSA) is 65.7 Å². The molecule has 1 atom stereocenters. The van der Waals surface area contributed by atoms with E-state index in [1.54, 1.807) is 21.0 Å². The van der Waals surface area contributed by atoms with Gasteiger partial charge in [0.15, 0.2) is 11.5 Å². The number of aliphatic hydroxyl groups is 1. The SMILES string of the molecule is COc1ccc(-c2cc(C(C)(C)O)nn2Cc2ccccc2)cc1OC1CCOC1. The van der Waals surface area contributed by atoms with Crippen LogP contribution in [0.1, 0.15) is 31.5 Å². The molecule has 0 bridgehead atoms. The minimum Gasteiger partial charge on any atom is -0.493 e. The number of hydrogen-bond donors (Lipinski definition) is 1. The summed E-state index contributed by atoms with van der Waals surface area (Å²) >= 11 is 0. The Morgan fingerprint density at radius 2 is 1.93 bits per heavy atom. The second kappa shape index (κ2) is 8.50. The molecular weight excluding hydrogens is 380 g/mol. The minimum absolute atomic E-state index is 0.0234. The van der Waals surface area contributed by atoms with E-state index in [-0.39, 0.29) is 6.10 Å². The van der Waals surface area contributed by atoms with Crippen molar-refractivity contribution >= 4 is 0 Å². The van der Waals surface area contributed by atoms with Gasteiger partial charge in [-0.3, -0.25) is 4.68 Å². The molecule has 6 nitrogen and oxygen atoms in total. The van der Waals surface area contributed by atoms with E-state index in [1.165, 1.54) is 0 Å². The first-order chi connectivity index (χ1) is 14.4. The molecule has 1 saturated heterocycles. The molecule has 0 aliphatic carbocycles. The van der Waals surface area contributed by atoms with Crippen LogP contribution in [0.2, 0.25) is 0 Å². The van der Waals surface area contributed by atoms with Gasteiger partial charge >= 0.3 is 0 Å². The number of rotatable bonds is 7. The quantitative estimate of drug-likeness (QED) is 0.640. The molecule has 2 heterocycles. The highest BCUT2D eigenvalue weighted by molar-refractivity contribution is 5.65. The van der Waals surface area contributed by atoms with Crippen molar-refractivity contribution in [1.29, 1.82) is 0 Å². The Balaban J connectivity index is 1.73. The van der Waals surface area contributed by atoms with Crippen LogP contribution in [-0.2, 0) is 16.9 Å². The summed E-state index contributed by atoms with van der Waals surface area (Å²) in [5, 5.41) is 15.2. The van der Waals surface area contributed by atoms with Gasteiger partial charge in [0.2, 0.25) is 0 Å². The molecule has 1 aliphatic heterocycles.